The Kier molecular flexibility index (Phi) is 5.53. The SMILES string of the molecule is O=C(CNC(=O)OCc1ccccc1)NCO. The van der Waals surface area contributed by atoms with Crippen molar-refractivity contribution in [2.24, 2.45) is 0 Å². The van der Waals surface area contributed by atoms with Crippen LogP contribution < -0.4 is 10.6 Å². The number of alkyl carbamates (subject to hydrolysis) is 1. The van der Waals surface area contributed by atoms with Crippen molar-refractivity contribution in [3.05, 3.63) is 35.9 Å². The van der Waals surface area contributed by atoms with Crippen molar-refractivity contribution in [1.29, 1.82) is 0 Å². The molecule has 1 aromatic carbocycles. The summed E-state index contributed by atoms with van der Waals surface area (Å²) in [4.78, 5) is 22.0. The molecule has 17 heavy (non-hydrogen) atoms. The second-order valence-electron chi connectivity index (χ2n) is 3.17. The second-order valence-corrected chi connectivity index (χ2v) is 3.17. The van der Waals surface area contributed by atoms with Gasteiger partial charge >= 0.3 is 6.09 Å². The van der Waals surface area contributed by atoms with E-state index in [1.807, 2.05) is 30.3 Å². The predicted octanol–water partition coefficient (Wildman–Crippen LogP) is -0.0212. The Hall–Kier alpha value is -2.08. The first-order chi connectivity index (χ1) is 8.22. The molecule has 0 aromatic heterocycles. The average molecular weight is 238 g/mol. The van der Waals surface area contributed by atoms with E-state index in [1.165, 1.54) is 0 Å². The number of aliphatic hydroxyl groups is 1. The molecule has 1 aromatic rings. The fourth-order valence-electron chi connectivity index (χ4n) is 1.08. The first kappa shape index (κ1) is 13.0. The molecule has 0 aliphatic carbocycles. The van der Waals surface area contributed by atoms with E-state index in [2.05, 4.69) is 10.6 Å². The predicted molar refractivity (Wildman–Crippen MR) is 59.9 cm³/mol. The minimum atomic E-state index is -0.679. The lowest BCUT2D eigenvalue weighted by Gasteiger charge is -2.06. The zero-order valence-electron chi connectivity index (χ0n) is 9.18. The maximum Gasteiger partial charge on any atom is 0.407 e. The van der Waals surface area contributed by atoms with Crippen LogP contribution in [0.5, 0.6) is 0 Å². The quantitative estimate of drug-likeness (QED) is 0.629. The van der Waals surface area contributed by atoms with Gasteiger partial charge in [-0.05, 0) is 5.56 Å². The molecular formula is C11H14N2O4. The highest BCUT2D eigenvalue weighted by molar-refractivity contribution is 5.81. The second kappa shape index (κ2) is 7.24. The monoisotopic (exact) mass is 238 g/mol. The zero-order chi connectivity index (χ0) is 12.5. The number of carbonyl (C=O) groups excluding carboxylic acids is 2. The van der Waals surface area contributed by atoms with E-state index in [0.717, 1.165) is 5.56 Å². The molecule has 0 fully saturated rings. The van der Waals surface area contributed by atoms with Gasteiger partial charge in [-0.15, -0.1) is 0 Å². The number of rotatable bonds is 5. The molecule has 6 nitrogen and oxygen atoms in total. The lowest BCUT2D eigenvalue weighted by atomic mass is 10.2. The molecule has 3 N–H and O–H groups in total. The summed E-state index contributed by atoms with van der Waals surface area (Å²) >= 11 is 0. The van der Waals surface area contributed by atoms with E-state index in [4.69, 9.17) is 9.84 Å². The van der Waals surface area contributed by atoms with E-state index in [9.17, 15) is 9.59 Å². The summed E-state index contributed by atoms with van der Waals surface area (Å²) in [6, 6.07) is 9.19. The lowest BCUT2D eigenvalue weighted by molar-refractivity contribution is -0.121. The molecule has 0 aliphatic rings. The molecule has 0 bridgehead atoms. The van der Waals surface area contributed by atoms with Crippen LogP contribution in [0.1, 0.15) is 5.56 Å². The van der Waals surface area contributed by atoms with Gasteiger partial charge < -0.3 is 20.5 Å². The highest BCUT2D eigenvalue weighted by Crippen LogP contribution is 2.00. The highest BCUT2D eigenvalue weighted by atomic mass is 16.5. The van der Waals surface area contributed by atoms with Crippen molar-refractivity contribution in [2.45, 2.75) is 6.61 Å². The Morgan fingerprint density at radius 3 is 2.53 bits per heavy atom. The number of ether oxygens (including phenoxy) is 1. The Labute approximate surface area is 98.6 Å². The van der Waals surface area contributed by atoms with Gasteiger partial charge in [-0.1, -0.05) is 30.3 Å². The maximum absolute atomic E-state index is 11.1. The molecule has 0 saturated carbocycles. The maximum atomic E-state index is 11.1. The third-order valence-electron chi connectivity index (χ3n) is 1.88. The molecule has 0 radical (unpaired) electrons. The summed E-state index contributed by atoms with van der Waals surface area (Å²) in [7, 11) is 0. The number of hydrogen-bond acceptors (Lipinski definition) is 4. The molecule has 92 valence electrons. The molecule has 0 heterocycles. The van der Waals surface area contributed by atoms with Gasteiger partial charge in [-0.3, -0.25) is 4.79 Å². The first-order valence-electron chi connectivity index (χ1n) is 5.04. The molecule has 0 aliphatic heterocycles. The van der Waals surface area contributed by atoms with Crippen LogP contribution in [-0.4, -0.2) is 30.4 Å². The fraction of sp³-hybridized carbons (Fsp3) is 0.273. The number of amides is 2. The van der Waals surface area contributed by atoms with E-state index in [1.54, 1.807) is 0 Å². The van der Waals surface area contributed by atoms with Gasteiger partial charge in [0.05, 0.1) is 0 Å². The number of benzene rings is 1. The average Bonchev–Trinajstić information content (AvgIpc) is 2.35. The lowest BCUT2D eigenvalue weighted by Crippen LogP contribution is -2.37. The molecule has 0 atom stereocenters. The summed E-state index contributed by atoms with van der Waals surface area (Å²) < 4.78 is 4.86. The summed E-state index contributed by atoms with van der Waals surface area (Å²) in [5.41, 5.74) is 0.863. The van der Waals surface area contributed by atoms with Crippen LogP contribution in [0.25, 0.3) is 0 Å². The standard InChI is InChI=1S/C11H14N2O4/c14-8-13-10(15)6-12-11(16)17-7-9-4-2-1-3-5-9/h1-5,14H,6-8H2,(H,12,16)(H,13,15). The van der Waals surface area contributed by atoms with Crippen molar-refractivity contribution in [3.63, 3.8) is 0 Å². The summed E-state index contributed by atoms with van der Waals surface area (Å²) in [6.07, 6.45) is -0.679. The van der Waals surface area contributed by atoms with Gasteiger partial charge in [0.1, 0.15) is 19.9 Å². The van der Waals surface area contributed by atoms with Crippen molar-refractivity contribution in [1.82, 2.24) is 10.6 Å². The van der Waals surface area contributed by atoms with E-state index in [0.29, 0.717) is 0 Å². The fourth-order valence-corrected chi connectivity index (χ4v) is 1.08. The van der Waals surface area contributed by atoms with Gasteiger partial charge in [0.25, 0.3) is 0 Å². The van der Waals surface area contributed by atoms with Gasteiger partial charge in [-0.2, -0.15) is 0 Å². The van der Waals surface area contributed by atoms with E-state index >= 15 is 0 Å². The Morgan fingerprint density at radius 1 is 1.18 bits per heavy atom. The van der Waals surface area contributed by atoms with Crippen molar-refractivity contribution < 1.29 is 19.4 Å². The number of aliphatic hydroxyl groups excluding tert-OH is 1. The smallest absolute Gasteiger partial charge is 0.407 e. The minimum Gasteiger partial charge on any atom is -0.445 e. The van der Waals surface area contributed by atoms with Crippen molar-refractivity contribution in [2.75, 3.05) is 13.3 Å². The zero-order valence-corrected chi connectivity index (χ0v) is 9.18. The van der Waals surface area contributed by atoms with Crippen LogP contribution >= 0.6 is 0 Å². The summed E-state index contributed by atoms with van der Waals surface area (Å²) in [5, 5.41) is 12.8. The molecule has 0 spiro atoms. The van der Waals surface area contributed by atoms with Crippen LogP contribution in [0, 0.1) is 0 Å². The largest absolute Gasteiger partial charge is 0.445 e. The molecule has 2 amide bonds. The van der Waals surface area contributed by atoms with Crippen LogP contribution in [0.4, 0.5) is 4.79 Å². The number of nitrogens with one attached hydrogen (secondary N) is 2. The van der Waals surface area contributed by atoms with Crippen molar-refractivity contribution in [3.8, 4) is 0 Å². The van der Waals surface area contributed by atoms with Crippen molar-refractivity contribution >= 4 is 12.0 Å². The van der Waals surface area contributed by atoms with E-state index < -0.39 is 18.7 Å². The number of hydrogen-bond donors (Lipinski definition) is 3. The Balaban J connectivity index is 2.20. The molecule has 0 unspecified atom stereocenters. The summed E-state index contributed by atoms with van der Waals surface area (Å²) in [6.45, 7) is -0.540. The van der Waals surface area contributed by atoms with E-state index in [-0.39, 0.29) is 13.2 Å². The molecular weight excluding hydrogens is 224 g/mol. The van der Waals surface area contributed by atoms with Gasteiger partial charge in [0.15, 0.2) is 0 Å². The highest BCUT2D eigenvalue weighted by Gasteiger charge is 2.05. The van der Waals surface area contributed by atoms with Crippen LogP contribution in [0.3, 0.4) is 0 Å². The van der Waals surface area contributed by atoms with Gasteiger partial charge in [0, 0.05) is 0 Å². The topological polar surface area (TPSA) is 87.7 Å². The third-order valence-corrected chi connectivity index (χ3v) is 1.88. The molecule has 6 heteroatoms. The normalized spacial score (nSPS) is 9.47. The minimum absolute atomic E-state index is 0.147. The van der Waals surface area contributed by atoms with Crippen LogP contribution in [0.15, 0.2) is 30.3 Å². The van der Waals surface area contributed by atoms with Crippen LogP contribution in [0.2, 0.25) is 0 Å². The van der Waals surface area contributed by atoms with Crippen LogP contribution in [-0.2, 0) is 16.1 Å². The number of carbonyl (C=O) groups is 2. The third kappa shape index (κ3) is 5.53. The summed E-state index contributed by atoms with van der Waals surface area (Å²) in [5.74, 6) is -0.482. The Bertz CT molecular complexity index is 367. The first-order valence-corrected chi connectivity index (χ1v) is 5.04. The molecule has 1 rings (SSSR count). The van der Waals surface area contributed by atoms with Gasteiger partial charge in [-0.25, -0.2) is 4.79 Å². The Morgan fingerprint density at radius 2 is 1.88 bits per heavy atom. The van der Waals surface area contributed by atoms with Gasteiger partial charge in [0.2, 0.25) is 5.91 Å². The molecule has 0 saturated heterocycles.